The van der Waals surface area contributed by atoms with Crippen LogP contribution in [0.1, 0.15) is 5.56 Å². The van der Waals surface area contributed by atoms with Crippen molar-refractivity contribution >= 4 is 33.9 Å². The molecule has 0 aromatic heterocycles. The largest absolute Gasteiger partial charge is 0.477 e. The van der Waals surface area contributed by atoms with Gasteiger partial charge in [0, 0.05) is 4.47 Å². The van der Waals surface area contributed by atoms with Gasteiger partial charge in [0.1, 0.15) is 5.57 Å². The molecule has 2 N–H and O–H groups in total. The summed E-state index contributed by atoms with van der Waals surface area (Å²) >= 11 is 3.29. The van der Waals surface area contributed by atoms with Gasteiger partial charge < -0.3 is 10.2 Å². The smallest absolute Gasteiger partial charge is 0.343 e. The van der Waals surface area contributed by atoms with Gasteiger partial charge in [-0.1, -0.05) is 40.2 Å². The van der Waals surface area contributed by atoms with Gasteiger partial charge in [0.15, 0.2) is 0 Å². The zero-order valence-corrected chi connectivity index (χ0v) is 10.2. The molecular weight excluding hydrogens is 288 g/mol. The summed E-state index contributed by atoms with van der Waals surface area (Å²) in [6, 6.07) is 7.32. The molecule has 0 aliphatic rings. The van der Waals surface area contributed by atoms with E-state index < -0.39 is 17.5 Å². The van der Waals surface area contributed by atoms with Crippen molar-refractivity contribution in [2.45, 2.75) is 0 Å². The third-order valence-corrected chi connectivity index (χ3v) is 2.35. The van der Waals surface area contributed by atoms with Crippen LogP contribution in [0.5, 0.6) is 0 Å². The summed E-state index contributed by atoms with van der Waals surface area (Å²) in [5.41, 5.74) is 0.169. The van der Waals surface area contributed by atoms with Crippen molar-refractivity contribution in [3.05, 3.63) is 52.0 Å². The molecule has 1 aromatic carbocycles. The summed E-state index contributed by atoms with van der Waals surface area (Å²) < 4.78 is 0.889. The molecule has 0 radical (unpaired) electrons. The van der Waals surface area contributed by atoms with Gasteiger partial charge in [-0.05, 0) is 23.8 Å². The van der Waals surface area contributed by atoms with Gasteiger partial charge in [0.05, 0.1) is 0 Å². The van der Waals surface area contributed by atoms with E-state index in [1.54, 1.807) is 6.08 Å². The lowest BCUT2D eigenvalue weighted by Gasteiger charge is -1.94. The Balaban J connectivity index is 2.88. The standard InChI is InChI=1S/C12H9BrO4/c13-9-5-1-3-8(7-9)4-2-6-10(11(14)15)12(16)17/h1-7H,(H,14,15)(H,16,17)/b4-2+. The molecule has 0 aliphatic heterocycles. The average molecular weight is 297 g/mol. The molecule has 0 heterocycles. The Kier molecular flexibility index (Phi) is 4.66. The molecule has 0 saturated carbocycles. The Morgan fingerprint density at radius 3 is 2.35 bits per heavy atom. The predicted octanol–water partition coefficient (Wildman–Crippen LogP) is 2.56. The Morgan fingerprint density at radius 1 is 1.18 bits per heavy atom. The lowest BCUT2D eigenvalue weighted by molar-refractivity contribution is -0.140. The van der Waals surface area contributed by atoms with Gasteiger partial charge in [-0.15, -0.1) is 0 Å². The number of allylic oxidation sites excluding steroid dienone is 2. The first-order valence-electron chi connectivity index (χ1n) is 4.61. The van der Waals surface area contributed by atoms with E-state index in [1.807, 2.05) is 24.3 Å². The normalized spacial score (nSPS) is 10.2. The van der Waals surface area contributed by atoms with Gasteiger partial charge in [0.25, 0.3) is 0 Å². The molecule has 1 aromatic rings. The second kappa shape index (κ2) is 6.00. The highest BCUT2D eigenvalue weighted by atomic mass is 79.9. The zero-order chi connectivity index (χ0) is 12.8. The molecule has 4 nitrogen and oxygen atoms in total. The number of carboxylic acid groups (broad SMARTS) is 2. The van der Waals surface area contributed by atoms with E-state index in [1.165, 1.54) is 6.08 Å². The SMILES string of the molecule is O=C(O)C(=C/C=C/c1cccc(Br)c1)C(=O)O. The minimum absolute atomic E-state index is 0.670. The molecule has 1 rings (SSSR count). The number of carbonyl (C=O) groups is 2. The summed E-state index contributed by atoms with van der Waals surface area (Å²) in [6.07, 6.45) is 4.06. The van der Waals surface area contributed by atoms with E-state index in [9.17, 15) is 9.59 Å². The first-order chi connectivity index (χ1) is 8.00. The quantitative estimate of drug-likeness (QED) is 0.387. The van der Waals surface area contributed by atoms with Crippen molar-refractivity contribution < 1.29 is 19.8 Å². The van der Waals surface area contributed by atoms with Crippen molar-refractivity contribution in [2.24, 2.45) is 0 Å². The van der Waals surface area contributed by atoms with E-state index in [0.717, 1.165) is 16.1 Å². The minimum atomic E-state index is -1.46. The Bertz CT molecular complexity index is 487. The first-order valence-corrected chi connectivity index (χ1v) is 5.40. The average Bonchev–Trinajstić information content (AvgIpc) is 2.23. The summed E-state index contributed by atoms with van der Waals surface area (Å²) in [7, 11) is 0. The summed E-state index contributed by atoms with van der Waals surface area (Å²) in [5.74, 6) is -2.92. The Labute approximate surface area is 106 Å². The fourth-order valence-electron chi connectivity index (χ4n) is 1.10. The molecule has 0 spiro atoms. The highest BCUT2D eigenvalue weighted by Gasteiger charge is 2.13. The first kappa shape index (κ1) is 13.2. The zero-order valence-electron chi connectivity index (χ0n) is 8.63. The van der Waals surface area contributed by atoms with Crippen molar-refractivity contribution in [3.63, 3.8) is 0 Å². The second-order valence-corrected chi connectivity index (χ2v) is 4.02. The molecule has 0 saturated heterocycles. The molecule has 0 bridgehead atoms. The van der Waals surface area contributed by atoms with E-state index >= 15 is 0 Å². The monoisotopic (exact) mass is 296 g/mol. The lowest BCUT2D eigenvalue weighted by Crippen LogP contribution is -2.10. The Hall–Kier alpha value is -1.88. The minimum Gasteiger partial charge on any atom is -0.477 e. The third-order valence-electron chi connectivity index (χ3n) is 1.86. The topological polar surface area (TPSA) is 74.6 Å². The molecule has 88 valence electrons. The van der Waals surface area contributed by atoms with Gasteiger partial charge in [-0.25, -0.2) is 9.59 Å². The molecule has 0 aliphatic carbocycles. The highest BCUT2D eigenvalue weighted by Crippen LogP contribution is 2.12. The summed E-state index contributed by atoms with van der Waals surface area (Å²) in [4.78, 5) is 21.1. The maximum atomic E-state index is 10.5. The fourth-order valence-corrected chi connectivity index (χ4v) is 1.52. The molecule has 0 fully saturated rings. The van der Waals surface area contributed by atoms with Crippen LogP contribution in [0.15, 0.2) is 46.5 Å². The number of hydrogen-bond donors (Lipinski definition) is 2. The number of hydrogen-bond acceptors (Lipinski definition) is 2. The molecular formula is C12H9BrO4. The van der Waals surface area contributed by atoms with E-state index in [0.29, 0.717) is 0 Å². The number of carboxylic acids is 2. The van der Waals surface area contributed by atoms with Crippen LogP contribution < -0.4 is 0 Å². The maximum Gasteiger partial charge on any atom is 0.343 e. The molecule has 17 heavy (non-hydrogen) atoms. The van der Waals surface area contributed by atoms with E-state index in [-0.39, 0.29) is 0 Å². The van der Waals surface area contributed by atoms with Crippen molar-refractivity contribution in [1.82, 2.24) is 0 Å². The predicted molar refractivity (Wildman–Crippen MR) is 66.5 cm³/mol. The van der Waals surface area contributed by atoms with Crippen LogP contribution in [-0.2, 0) is 9.59 Å². The number of aliphatic carboxylic acids is 2. The van der Waals surface area contributed by atoms with Crippen LogP contribution in [-0.4, -0.2) is 22.2 Å². The lowest BCUT2D eigenvalue weighted by atomic mass is 10.2. The van der Waals surface area contributed by atoms with E-state index in [4.69, 9.17) is 10.2 Å². The van der Waals surface area contributed by atoms with Gasteiger partial charge in [-0.3, -0.25) is 0 Å². The van der Waals surface area contributed by atoms with Gasteiger partial charge >= 0.3 is 11.9 Å². The number of halogens is 1. The molecule has 5 heteroatoms. The second-order valence-electron chi connectivity index (χ2n) is 3.10. The van der Waals surface area contributed by atoms with E-state index in [2.05, 4.69) is 15.9 Å². The van der Waals surface area contributed by atoms with Crippen LogP contribution >= 0.6 is 15.9 Å². The summed E-state index contributed by atoms with van der Waals surface area (Å²) in [6.45, 7) is 0. The van der Waals surface area contributed by atoms with Crippen LogP contribution in [0.3, 0.4) is 0 Å². The number of benzene rings is 1. The maximum absolute atomic E-state index is 10.5. The third kappa shape index (κ3) is 4.24. The number of rotatable bonds is 4. The van der Waals surface area contributed by atoms with Crippen molar-refractivity contribution in [3.8, 4) is 0 Å². The van der Waals surface area contributed by atoms with Crippen LogP contribution in [0.2, 0.25) is 0 Å². The molecule has 0 atom stereocenters. The van der Waals surface area contributed by atoms with Crippen molar-refractivity contribution in [1.29, 1.82) is 0 Å². The Morgan fingerprint density at radius 2 is 1.82 bits per heavy atom. The van der Waals surface area contributed by atoms with Crippen LogP contribution in [0.4, 0.5) is 0 Å². The van der Waals surface area contributed by atoms with Crippen LogP contribution in [0, 0.1) is 0 Å². The highest BCUT2D eigenvalue weighted by molar-refractivity contribution is 9.10. The fraction of sp³-hybridized carbons (Fsp3) is 0. The molecule has 0 unspecified atom stereocenters. The molecule has 0 amide bonds. The van der Waals surface area contributed by atoms with Crippen molar-refractivity contribution in [2.75, 3.05) is 0 Å². The van der Waals surface area contributed by atoms with Gasteiger partial charge in [-0.2, -0.15) is 0 Å². The van der Waals surface area contributed by atoms with Gasteiger partial charge in [0.2, 0.25) is 0 Å². The van der Waals surface area contributed by atoms with Crippen LogP contribution in [0.25, 0.3) is 6.08 Å². The summed E-state index contributed by atoms with van der Waals surface area (Å²) in [5, 5.41) is 17.2.